The van der Waals surface area contributed by atoms with Gasteiger partial charge in [0.15, 0.2) is 5.60 Å². The summed E-state index contributed by atoms with van der Waals surface area (Å²) in [5.41, 5.74) is 1.13. The van der Waals surface area contributed by atoms with E-state index in [4.69, 9.17) is 0 Å². The Morgan fingerprint density at radius 2 is 2.04 bits per heavy atom. The number of carbonyl (C=O) groups is 1. The van der Waals surface area contributed by atoms with Crippen LogP contribution in [-0.2, 0) is 17.8 Å². The number of nitrogens with zero attached hydrogens (tertiary/aromatic N) is 1. The van der Waals surface area contributed by atoms with Crippen LogP contribution in [0.2, 0.25) is 0 Å². The van der Waals surface area contributed by atoms with Gasteiger partial charge in [0.1, 0.15) is 0 Å². The summed E-state index contributed by atoms with van der Waals surface area (Å²) in [6.45, 7) is 2.39. The monoisotopic (exact) mass is 344 g/mol. The zero-order chi connectivity index (χ0) is 16.8. The van der Waals surface area contributed by atoms with Crippen LogP contribution in [0.25, 0.3) is 0 Å². The Balaban J connectivity index is 1.53. The van der Waals surface area contributed by atoms with Gasteiger partial charge in [-0.25, -0.2) is 0 Å². The molecule has 2 N–H and O–H groups in total. The number of rotatable bonds is 7. The lowest BCUT2D eigenvalue weighted by Crippen LogP contribution is -2.58. The van der Waals surface area contributed by atoms with E-state index in [2.05, 4.69) is 28.9 Å². The van der Waals surface area contributed by atoms with Gasteiger partial charge < -0.3 is 15.3 Å². The molecule has 1 amide bonds. The summed E-state index contributed by atoms with van der Waals surface area (Å²) in [6, 6.07) is 12.2. The predicted octanol–water partition coefficient (Wildman–Crippen LogP) is 2.43. The van der Waals surface area contributed by atoms with E-state index in [0.717, 1.165) is 19.4 Å². The van der Waals surface area contributed by atoms with Gasteiger partial charge in [-0.3, -0.25) is 4.79 Å². The van der Waals surface area contributed by atoms with Crippen molar-refractivity contribution in [2.75, 3.05) is 19.6 Å². The van der Waals surface area contributed by atoms with Crippen molar-refractivity contribution in [1.82, 2.24) is 10.2 Å². The molecular weight excluding hydrogens is 320 g/mol. The van der Waals surface area contributed by atoms with Gasteiger partial charge in [-0.05, 0) is 47.2 Å². The molecule has 0 unspecified atom stereocenters. The van der Waals surface area contributed by atoms with Gasteiger partial charge in [0.05, 0.1) is 0 Å². The normalized spacial score (nSPS) is 21.2. The van der Waals surface area contributed by atoms with Crippen LogP contribution < -0.4 is 5.32 Å². The highest BCUT2D eigenvalue weighted by molar-refractivity contribution is 7.07. The predicted molar refractivity (Wildman–Crippen MR) is 96.9 cm³/mol. The first-order valence-electron chi connectivity index (χ1n) is 8.45. The topological polar surface area (TPSA) is 52.6 Å². The van der Waals surface area contributed by atoms with E-state index in [1.807, 2.05) is 28.5 Å². The second kappa shape index (κ2) is 7.92. The van der Waals surface area contributed by atoms with Gasteiger partial charge in [0, 0.05) is 26.2 Å². The molecule has 0 spiro atoms. The lowest BCUT2D eigenvalue weighted by atomic mass is 9.91. The number of nitrogens with one attached hydrogen (secondary N) is 1. The molecule has 0 saturated carbocycles. The SMILES string of the molecule is O=C1N(CCc2ccccc2)CCC[C@@]1(O)CNCc1ccsc1. The van der Waals surface area contributed by atoms with Crippen molar-refractivity contribution in [1.29, 1.82) is 0 Å². The van der Waals surface area contributed by atoms with Crippen molar-refractivity contribution in [3.63, 3.8) is 0 Å². The third-order valence-corrected chi connectivity index (χ3v) is 5.28. The lowest BCUT2D eigenvalue weighted by Gasteiger charge is -2.38. The van der Waals surface area contributed by atoms with Crippen molar-refractivity contribution >= 4 is 17.2 Å². The first-order valence-corrected chi connectivity index (χ1v) is 9.39. The van der Waals surface area contributed by atoms with E-state index in [1.165, 1.54) is 11.1 Å². The zero-order valence-electron chi connectivity index (χ0n) is 13.8. The van der Waals surface area contributed by atoms with Crippen LogP contribution >= 0.6 is 11.3 Å². The van der Waals surface area contributed by atoms with Gasteiger partial charge in [0.2, 0.25) is 0 Å². The molecule has 4 nitrogen and oxygen atoms in total. The fourth-order valence-electron chi connectivity index (χ4n) is 3.16. The number of hydrogen-bond donors (Lipinski definition) is 2. The number of likely N-dealkylation sites (tertiary alicyclic amines) is 1. The summed E-state index contributed by atoms with van der Waals surface area (Å²) in [7, 11) is 0. The molecule has 1 aliphatic heterocycles. The average molecular weight is 344 g/mol. The molecule has 24 heavy (non-hydrogen) atoms. The van der Waals surface area contributed by atoms with E-state index in [1.54, 1.807) is 11.3 Å². The number of thiophene rings is 1. The molecule has 1 saturated heterocycles. The summed E-state index contributed by atoms with van der Waals surface area (Å²) >= 11 is 1.65. The van der Waals surface area contributed by atoms with E-state index in [-0.39, 0.29) is 5.91 Å². The molecule has 2 heterocycles. The largest absolute Gasteiger partial charge is 0.379 e. The first-order chi connectivity index (χ1) is 11.7. The molecule has 1 aromatic carbocycles. The maximum Gasteiger partial charge on any atom is 0.255 e. The third-order valence-electron chi connectivity index (χ3n) is 4.54. The fraction of sp³-hybridized carbons (Fsp3) is 0.421. The van der Waals surface area contributed by atoms with Gasteiger partial charge in [-0.15, -0.1) is 0 Å². The molecule has 1 aromatic heterocycles. The Kier molecular flexibility index (Phi) is 5.66. The van der Waals surface area contributed by atoms with Crippen molar-refractivity contribution in [3.05, 3.63) is 58.3 Å². The number of benzene rings is 1. The minimum absolute atomic E-state index is 0.137. The summed E-state index contributed by atoms with van der Waals surface area (Å²) in [5, 5.41) is 18.1. The van der Waals surface area contributed by atoms with Gasteiger partial charge in [0.25, 0.3) is 5.91 Å². The van der Waals surface area contributed by atoms with Crippen LogP contribution in [0.3, 0.4) is 0 Å². The van der Waals surface area contributed by atoms with E-state index < -0.39 is 5.60 Å². The van der Waals surface area contributed by atoms with Gasteiger partial charge in [-0.2, -0.15) is 11.3 Å². The van der Waals surface area contributed by atoms with E-state index in [9.17, 15) is 9.90 Å². The smallest absolute Gasteiger partial charge is 0.255 e. The Morgan fingerprint density at radius 3 is 2.79 bits per heavy atom. The number of amides is 1. The lowest BCUT2D eigenvalue weighted by molar-refractivity contribution is -0.156. The van der Waals surface area contributed by atoms with Crippen LogP contribution in [0.15, 0.2) is 47.2 Å². The number of aliphatic hydroxyl groups is 1. The van der Waals surface area contributed by atoms with E-state index >= 15 is 0 Å². The molecule has 2 aromatic rings. The maximum absolute atomic E-state index is 12.7. The minimum Gasteiger partial charge on any atom is -0.379 e. The molecule has 1 atom stereocenters. The number of carbonyl (C=O) groups excluding carboxylic acids is 1. The Labute approximate surface area is 147 Å². The van der Waals surface area contributed by atoms with Gasteiger partial charge in [-0.1, -0.05) is 30.3 Å². The standard InChI is InChI=1S/C19H24N2O2S/c22-18-19(23,15-20-13-17-8-12-24-14-17)9-4-10-21(18)11-7-16-5-2-1-3-6-16/h1-3,5-6,8,12,14,20,23H,4,7,9-11,13,15H2/t19-/m1/s1. The third kappa shape index (κ3) is 4.23. The molecule has 5 heteroatoms. The molecule has 0 aliphatic carbocycles. The second-order valence-corrected chi connectivity index (χ2v) is 7.18. The number of hydrogen-bond acceptors (Lipinski definition) is 4. The summed E-state index contributed by atoms with van der Waals surface area (Å²) < 4.78 is 0. The molecule has 1 aliphatic rings. The van der Waals surface area contributed by atoms with Crippen molar-refractivity contribution in [2.45, 2.75) is 31.4 Å². The Bertz CT molecular complexity index is 645. The molecule has 0 bridgehead atoms. The van der Waals surface area contributed by atoms with Crippen LogP contribution in [0, 0.1) is 0 Å². The zero-order valence-corrected chi connectivity index (χ0v) is 14.6. The maximum atomic E-state index is 12.7. The quantitative estimate of drug-likeness (QED) is 0.811. The highest BCUT2D eigenvalue weighted by Gasteiger charge is 2.41. The van der Waals surface area contributed by atoms with Crippen molar-refractivity contribution in [3.8, 4) is 0 Å². The average Bonchev–Trinajstić information content (AvgIpc) is 3.11. The highest BCUT2D eigenvalue weighted by Crippen LogP contribution is 2.22. The fourth-order valence-corrected chi connectivity index (χ4v) is 3.83. The van der Waals surface area contributed by atoms with Crippen molar-refractivity contribution in [2.24, 2.45) is 0 Å². The molecule has 3 rings (SSSR count). The van der Waals surface area contributed by atoms with Crippen LogP contribution in [-0.4, -0.2) is 41.1 Å². The Morgan fingerprint density at radius 1 is 1.21 bits per heavy atom. The summed E-state index contributed by atoms with van der Waals surface area (Å²) in [6.07, 6.45) is 2.20. The summed E-state index contributed by atoms with van der Waals surface area (Å²) in [4.78, 5) is 14.5. The molecule has 128 valence electrons. The first kappa shape index (κ1) is 17.1. The second-order valence-electron chi connectivity index (χ2n) is 6.40. The van der Waals surface area contributed by atoms with E-state index in [0.29, 0.717) is 26.1 Å². The highest BCUT2D eigenvalue weighted by atomic mass is 32.1. The van der Waals surface area contributed by atoms with Crippen molar-refractivity contribution < 1.29 is 9.90 Å². The van der Waals surface area contributed by atoms with Crippen LogP contribution in [0.1, 0.15) is 24.0 Å². The van der Waals surface area contributed by atoms with Crippen LogP contribution in [0.5, 0.6) is 0 Å². The minimum atomic E-state index is -1.27. The van der Waals surface area contributed by atoms with Crippen LogP contribution in [0.4, 0.5) is 0 Å². The number of piperidine rings is 1. The molecule has 1 fully saturated rings. The summed E-state index contributed by atoms with van der Waals surface area (Å²) in [5.74, 6) is -0.137. The Hall–Kier alpha value is -1.69. The molecule has 0 radical (unpaired) electrons. The van der Waals surface area contributed by atoms with Gasteiger partial charge >= 0.3 is 0 Å². The molecular formula is C19H24N2O2S.